The molecule has 0 amide bonds. The van der Waals surface area contributed by atoms with E-state index < -0.39 is 0 Å². The Morgan fingerprint density at radius 2 is 2.07 bits per heavy atom. The molecule has 1 aliphatic rings. The van der Waals surface area contributed by atoms with E-state index in [9.17, 15) is 5.11 Å². The van der Waals surface area contributed by atoms with Gasteiger partial charge in [-0.1, -0.05) is 11.6 Å². The van der Waals surface area contributed by atoms with Gasteiger partial charge >= 0.3 is 0 Å². The summed E-state index contributed by atoms with van der Waals surface area (Å²) in [5.41, 5.74) is 3.35. The molecule has 1 aliphatic heterocycles. The van der Waals surface area contributed by atoms with Crippen LogP contribution in [0.15, 0.2) is 28.7 Å². The number of aliphatic hydroxyl groups excluding tert-OH is 1. The number of β-amino-alcohol motifs (C(OH)–C–C–N with tert-alkyl or cyclic N) is 1. The highest BCUT2D eigenvalue weighted by molar-refractivity contribution is 5.82. The van der Waals surface area contributed by atoms with Crippen LogP contribution in [-0.4, -0.2) is 51.4 Å². The van der Waals surface area contributed by atoms with Crippen molar-refractivity contribution in [1.29, 1.82) is 0 Å². The van der Waals surface area contributed by atoms with E-state index in [0.29, 0.717) is 31.4 Å². The Balaban J connectivity index is 1.66. The van der Waals surface area contributed by atoms with Gasteiger partial charge in [0.2, 0.25) is 11.8 Å². The number of fused-ring (bicyclic) bond motifs is 1. The molecule has 1 aromatic carbocycles. The first kappa shape index (κ1) is 18.8. The minimum Gasteiger partial charge on any atom is -0.424 e. The molecule has 7 heteroatoms. The van der Waals surface area contributed by atoms with Gasteiger partial charge in [0.15, 0.2) is 0 Å². The third-order valence-corrected chi connectivity index (χ3v) is 5.14. The molecule has 3 aromatic rings. The van der Waals surface area contributed by atoms with E-state index in [1.807, 2.05) is 7.05 Å². The molecule has 1 N–H and O–H groups in total. The van der Waals surface area contributed by atoms with Crippen LogP contribution in [0.5, 0.6) is 0 Å². The van der Waals surface area contributed by atoms with Crippen LogP contribution in [0.3, 0.4) is 0 Å². The molecule has 2 aromatic heterocycles. The third kappa shape index (κ3) is 4.15. The van der Waals surface area contributed by atoms with E-state index in [4.69, 9.17) is 9.40 Å². The minimum atomic E-state index is -0.295. The van der Waals surface area contributed by atoms with Gasteiger partial charge in [-0.05, 0) is 45.0 Å². The molecule has 1 atom stereocenters. The summed E-state index contributed by atoms with van der Waals surface area (Å²) in [6.45, 7) is 6.73. The average molecular weight is 381 g/mol. The molecule has 0 aliphatic carbocycles. The first-order valence-corrected chi connectivity index (χ1v) is 9.79. The van der Waals surface area contributed by atoms with Gasteiger partial charge in [0.25, 0.3) is 0 Å². The summed E-state index contributed by atoms with van der Waals surface area (Å²) in [7, 11) is 2.04. The van der Waals surface area contributed by atoms with E-state index in [0.717, 1.165) is 41.7 Å². The predicted octanol–water partition coefficient (Wildman–Crippen LogP) is 2.83. The summed E-state index contributed by atoms with van der Waals surface area (Å²) in [4.78, 5) is 9.34. The zero-order valence-corrected chi connectivity index (χ0v) is 16.7. The number of nitrogens with zero attached hydrogens (tertiary/aromatic N) is 5. The van der Waals surface area contributed by atoms with Gasteiger partial charge in [-0.15, -0.1) is 10.2 Å². The van der Waals surface area contributed by atoms with Gasteiger partial charge in [0.05, 0.1) is 18.2 Å². The maximum absolute atomic E-state index is 10.2. The lowest BCUT2D eigenvalue weighted by Crippen LogP contribution is -2.39. The van der Waals surface area contributed by atoms with Crippen LogP contribution in [0.2, 0.25) is 0 Å². The van der Waals surface area contributed by atoms with Crippen molar-refractivity contribution in [2.24, 2.45) is 0 Å². The monoisotopic (exact) mass is 381 g/mol. The van der Waals surface area contributed by atoms with E-state index in [1.165, 1.54) is 5.56 Å². The molecule has 1 unspecified atom stereocenters. The molecule has 0 saturated carbocycles. The molecule has 0 spiro atoms. The van der Waals surface area contributed by atoms with E-state index in [-0.39, 0.29) is 6.10 Å². The summed E-state index contributed by atoms with van der Waals surface area (Å²) >= 11 is 0. The van der Waals surface area contributed by atoms with Gasteiger partial charge in [-0.25, -0.2) is 4.98 Å². The van der Waals surface area contributed by atoms with Crippen LogP contribution >= 0.6 is 0 Å². The predicted molar refractivity (Wildman–Crippen MR) is 108 cm³/mol. The SMILES string of the molecule is Cc1ccc2nc(N3CCCC(O)C3)c(CN(C)Cc3nnc(C)o3)cc2c1. The standard InChI is InChI=1S/C21H27N5O2/c1-14-6-7-19-16(9-14)10-17(11-25(3)13-20-24-23-15(2)28-20)21(22-19)26-8-4-5-18(27)12-26/h6-7,9-10,18,27H,4-5,8,11-13H2,1-3H3. The Morgan fingerprint density at radius 1 is 1.21 bits per heavy atom. The molecular formula is C21H27N5O2. The Kier molecular flexibility index (Phi) is 5.28. The maximum Gasteiger partial charge on any atom is 0.230 e. The maximum atomic E-state index is 10.2. The smallest absolute Gasteiger partial charge is 0.230 e. The molecule has 148 valence electrons. The van der Waals surface area contributed by atoms with Crippen LogP contribution in [0.1, 0.15) is 35.7 Å². The highest BCUT2D eigenvalue weighted by Crippen LogP contribution is 2.28. The lowest BCUT2D eigenvalue weighted by Gasteiger charge is -2.33. The van der Waals surface area contributed by atoms with Crippen molar-refractivity contribution in [2.45, 2.75) is 45.9 Å². The molecule has 1 fully saturated rings. The van der Waals surface area contributed by atoms with E-state index >= 15 is 0 Å². The second-order valence-electron chi connectivity index (χ2n) is 7.80. The molecule has 0 bridgehead atoms. The second kappa shape index (κ2) is 7.85. The van der Waals surface area contributed by atoms with Crippen LogP contribution in [0.25, 0.3) is 10.9 Å². The number of hydrogen-bond acceptors (Lipinski definition) is 7. The van der Waals surface area contributed by atoms with Crippen molar-refractivity contribution in [3.8, 4) is 0 Å². The summed E-state index contributed by atoms with van der Waals surface area (Å²) in [5.74, 6) is 2.15. The van der Waals surface area contributed by atoms with Gasteiger partial charge < -0.3 is 14.4 Å². The summed E-state index contributed by atoms with van der Waals surface area (Å²) < 4.78 is 5.52. The lowest BCUT2D eigenvalue weighted by molar-refractivity contribution is 0.153. The van der Waals surface area contributed by atoms with Crippen molar-refractivity contribution in [3.05, 3.63) is 47.2 Å². The number of aryl methyl sites for hydroxylation is 2. The normalized spacial score (nSPS) is 17.6. The molecule has 0 radical (unpaired) electrons. The fourth-order valence-electron chi connectivity index (χ4n) is 3.85. The number of anilines is 1. The zero-order valence-electron chi connectivity index (χ0n) is 16.7. The molecular weight excluding hydrogens is 354 g/mol. The lowest BCUT2D eigenvalue weighted by atomic mass is 10.1. The quantitative estimate of drug-likeness (QED) is 0.728. The molecule has 1 saturated heterocycles. The molecule has 28 heavy (non-hydrogen) atoms. The Hall–Kier alpha value is -2.51. The largest absolute Gasteiger partial charge is 0.424 e. The third-order valence-electron chi connectivity index (χ3n) is 5.14. The number of aliphatic hydroxyl groups is 1. The number of hydrogen-bond donors (Lipinski definition) is 1. The highest BCUT2D eigenvalue weighted by atomic mass is 16.4. The first-order chi connectivity index (χ1) is 13.5. The Labute approximate surface area is 165 Å². The fraction of sp³-hybridized carbons (Fsp3) is 0.476. The average Bonchev–Trinajstić information content (AvgIpc) is 3.05. The zero-order chi connectivity index (χ0) is 19.7. The van der Waals surface area contributed by atoms with Gasteiger partial charge in [0.1, 0.15) is 5.82 Å². The number of pyridine rings is 1. The van der Waals surface area contributed by atoms with E-state index in [1.54, 1.807) is 6.92 Å². The topological polar surface area (TPSA) is 78.5 Å². The van der Waals surface area contributed by atoms with Crippen molar-refractivity contribution in [2.75, 3.05) is 25.0 Å². The van der Waals surface area contributed by atoms with E-state index in [2.05, 4.69) is 51.2 Å². The number of rotatable bonds is 5. The highest BCUT2D eigenvalue weighted by Gasteiger charge is 2.22. The molecule has 3 heterocycles. The van der Waals surface area contributed by atoms with Crippen molar-refractivity contribution in [1.82, 2.24) is 20.1 Å². The summed E-state index contributed by atoms with van der Waals surface area (Å²) in [5, 5.41) is 19.3. The fourth-order valence-corrected chi connectivity index (χ4v) is 3.85. The van der Waals surface area contributed by atoms with Gasteiger partial charge in [-0.3, -0.25) is 4.90 Å². The first-order valence-electron chi connectivity index (χ1n) is 9.79. The van der Waals surface area contributed by atoms with Crippen molar-refractivity contribution < 1.29 is 9.52 Å². The molecule has 4 rings (SSSR count). The van der Waals surface area contributed by atoms with Crippen molar-refractivity contribution in [3.63, 3.8) is 0 Å². The van der Waals surface area contributed by atoms with Crippen LogP contribution in [0, 0.1) is 13.8 Å². The summed E-state index contributed by atoms with van der Waals surface area (Å²) in [6.07, 6.45) is 1.54. The minimum absolute atomic E-state index is 0.295. The number of benzene rings is 1. The number of piperidine rings is 1. The molecule has 7 nitrogen and oxygen atoms in total. The second-order valence-corrected chi connectivity index (χ2v) is 7.80. The van der Waals surface area contributed by atoms with Crippen LogP contribution in [0.4, 0.5) is 5.82 Å². The van der Waals surface area contributed by atoms with Crippen molar-refractivity contribution >= 4 is 16.7 Å². The Bertz CT molecular complexity index is 971. The summed E-state index contributed by atoms with van der Waals surface area (Å²) in [6, 6.07) is 8.56. The van der Waals surface area contributed by atoms with Crippen LogP contribution in [-0.2, 0) is 13.1 Å². The van der Waals surface area contributed by atoms with Crippen LogP contribution < -0.4 is 4.90 Å². The number of aromatic nitrogens is 3. The van der Waals surface area contributed by atoms with Gasteiger partial charge in [0, 0.05) is 37.5 Å². The van der Waals surface area contributed by atoms with Gasteiger partial charge in [-0.2, -0.15) is 0 Å². The Morgan fingerprint density at radius 3 is 2.82 bits per heavy atom.